The molecule has 1 heteroatoms. The maximum absolute atomic E-state index is 2.58. The standard InChI is InChI=1S/C31H55N/c1-28(2,3)19-25(24-15-13-12-14-16-24)17-18-30(7,8)31(9,10)21-27-23-32(11)22-26(27)20-29(4,5)6/h12-16,25-27H,17-23H2,1-11H3. The third-order valence-corrected chi connectivity index (χ3v) is 8.49. The molecule has 32 heavy (non-hydrogen) atoms. The van der Waals surface area contributed by atoms with Crippen LogP contribution < -0.4 is 0 Å². The Kier molecular flexibility index (Phi) is 8.75. The Morgan fingerprint density at radius 1 is 0.750 bits per heavy atom. The van der Waals surface area contributed by atoms with Crippen molar-refractivity contribution in [3.8, 4) is 0 Å². The van der Waals surface area contributed by atoms with Crippen LogP contribution in [0.15, 0.2) is 30.3 Å². The van der Waals surface area contributed by atoms with Gasteiger partial charge in [-0.15, -0.1) is 0 Å². The van der Waals surface area contributed by atoms with Crippen molar-refractivity contribution in [1.82, 2.24) is 4.90 Å². The summed E-state index contributed by atoms with van der Waals surface area (Å²) in [6.45, 7) is 27.2. The molecular weight excluding hydrogens is 386 g/mol. The summed E-state index contributed by atoms with van der Waals surface area (Å²) >= 11 is 0. The summed E-state index contributed by atoms with van der Waals surface area (Å²) in [6.07, 6.45) is 6.53. The summed E-state index contributed by atoms with van der Waals surface area (Å²) in [5.74, 6) is 2.32. The first kappa shape index (κ1) is 27.4. The molecule has 0 aliphatic carbocycles. The van der Waals surface area contributed by atoms with Crippen molar-refractivity contribution in [1.29, 1.82) is 0 Å². The highest BCUT2D eigenvalue weighted by molar-refractivity contribution is 5.20. The third kappa shape index (κ3) is 8.19. The normalized spacial score (nSPS) is 22.3. The van der Waals surface area contributed by atoms with Crippen molar-refractivity contribution < 1.29 is 0 Å². The van der Waals surface area contributed by atoms with Gasteiger partial charge < -0.3 is 4.90 Å². The SMILES string of the molecule is CN1CC(CC(C)(C)C)C(CC(C)(C)C(C)(C)CCC(CC(C)(C)C)c2ccccc2)C1. The summed E-state index contributed by atoms with van der Waals surface area (Å²) in [5, 5.41) is 0. The zero-order valence-electron chi connectivity index (χ0n) is 23.5. The van der Waals surface area contributed by atoms with Crippen molar-refractivity contribution in [3.63, 3.8) is 0 Å². The fourth-order valence-electron chi connectivity index (χ4n) is 6.08. The van der Waals surface area contributed by atoms with Crippen molar-refractivity contribution in [2.45, 2.75) is 107 Å². The molecule has 1 aliphatic heterocycles. The number of likely N-dealkylation sites (tertiary alicyclic amines) is 1. The monoisotopic (exact) mass is 441 g/mol. The first-order valence-corrected chi connectivity index (χ1v) is 13.2. The first-order chi connectivity index (χ1) is 14.5. The summed E-state index contributed by atoms with van der Waals surface area (Å²) in [7, 11) is 2.32. The van der Waals surface area contributed by atoms with E-state index in [0.29, 0.717) is 27.6 Å². The van der Waals surface area contributed by atoms with Crippen LogP contribution in [0, 0.1) is 33.5 Å². The van der Waals surface area contributed by atoms with Gasteiger partial charge in [-0.2, -0.15) is 0 Å². The molecule has 3 atom stereocenters. The molecule has 0 saturated carbocycles. The lowest BCUT2D eigenvalue weighted by Crippen LogP contribution is -2.36. The van der Waals surface area contributed by atoms with E-state index in [0.717, 1.165) is 11.8 Å². The second kappa shape index (κ2) is 10.2. The van der Waals surface area contributed by atoms with E-state index < -0.39 is 0 Å². The lowest BCUT2D eigenvalue weighted by molar-refractivity contribution is 0.0536. The lowest BCUT2D eigenvalue weighted by atomic mass is 9.60. The van der Waals surface area contributed by atoms with E-state index in [-0.39, 0.29) is 0 Å². The van der Waals surface area contributed by atoms with Crippen molar-refractivity contribution >= 4 is 0 Å². The van der Waals surface area contributed by atoms with Crippen LogP contribution in [0.2, 0.25) is 0 Å². The van der Waals surface area contributed by atoms with Gasteiger partial charge in [0.05, 0.1) is 0 Å². The average molecular weight is 442 g/mol. The van der Waals surface area contributed by atoms with Gasteiger partial charge in [-0.3, -0.25) is 0 Å². The maximum atomic E-state index is 2.58. The molecule has 1 nitrogen and oxygen atoms in total. The molecule has 184 valence electrons. The summed E-state index contributed by atoms with van der Waals surface area (Å²) in [4.78, 5) is 2.58. The molecule has 1 aromatic rings. The Balaban J connectivity index is 2.10. The van der Waals surface area contributed by atoms with Gasteiger partial charge in [-0.1, -0.05) is 99.6 Å². The van der Waals surface area contributed by atoms with Crippen LogP contribution in [0.3, 0.4) is 0 Å². The van der Waals surface area contributed by atoms with Crippen LogP contribution in [0.25, 0.3) is 0 Å². The Morgan fingerprint density at radius 3 is 1.78 bits per heavy atom. The summed E-state index contributed by atoms with van der Waals surface area (Å²) in [6, 6.07) is 11.3. The molecule has 1 heterocycles. The van der Waals surface area contributed by atoms with E-state index in [2.05, 4.69) is 112 Å². The van der Waals surface area contributed by atoms with E-state index in [4.69, 9.17) is 0 Å². The van der Waals surface area contributed by atoms with Gasteiger partial charge in [-0.25, -0.2) is 0 Å². The highest BCUT2D eigenvalue weighted by Crippen LogP contribution is 2.51. The van der Waals surface area contributed by atoms with Gasteiger partial charge in [0.1, 0.15) is 0 Å². The van der Waals surface area contributed by atoms with Crippen molar-refractivity contribution in [2.24, 2.45) is 33.5 Å². The van der Waals surface area contributed by atoms with Gasteiger partial charge in [0.25, 0.3) is 0 Å². The summed E-state index contributed by atoms with van der Waals surface area (Å²) < 4.78 is 0. The van der Waals surface area contributed by atoms with Crippen LogP contribution in [-0.2, 0) is 0 Å². The molecule has 1 aromatic carbocycles. The van der Waals surface area contributed by atoms with E-state index in [1.54, 1.807) is 0 Å². The number of rotatable bonds is 9. The maximum Gasteiger partial charge on any atom is 0.00101 e. The molecule has 0 spiro atoms. The zero-order valence-corrected chi connectivity index (χ0v) is 23.5. The quantitative estimate of drug-likeness (QED) is 0.369. The molecule has 0 amide bonds. The number of hydrogen-bond donors (Lipinski definition) is 0. The first-order valence-electron chi connectivity index (χ1n) is 13.2. The fourth-order valence-corrected chi connectivity index (χ4v) is 6.08. The second-order valence-electron chi connectivity index (χ2n) is 14.9. The lowest BCUT2D eigenvalue weighted by Gasteiger charge is -2.45. The minimum atomic E-state index is 0.325. The molecule has 3 unspecified atom stereocenters. The largest absolute Gasteiger partial charge is 0.306 e. The zero-order chi connectivity index (χ0) is 24.4. The molecule has 1 fully saturated rings. The van der Waals surface area contributed by atoms with Crippen molar-refractivity contribution in [2.75, 3.05) is 20.1 Å². The van der Waals surface area contributed by atoms with Crippen LogP contribution in [-0.4, -0.2) is 25.0 Å². The molecule has 0 N–H and O–H groups in total. The molecule has 0 radical (unpaired) electrons. The van der Waals surface area contributed by atoms with Crippen LogP contribution in [0.1, 0.15) is 113 Å². The van der Waals surface area contributed by atoms with E-state index >= 15 is 0 Å². The van der Waals surface area contributed by atoms with E-state index in [1.165, 1.54) is 50.8 Å². The molecule has 0 aromatic heterocycles. The second-order valence-corrected chi connectivity index (χ2v) is 14.9. The highest BCUT2D eigenvalue weighted by Gasteiger charge is 2.43. The molecule has 0 bridgehead atoms. The van der Waals surface area contributed by atoms with Gasteiger partial charge in [-0.05, 0) is 84.1 Å². The van der Waals surface area contributed by atoms with Gasteiger partial charge >= 0.3 is 0 Å². The predicted octanol–water partition coefficient (Wildman–Crippen LogP) is 9.04. The van der Waals surface area contributed by atoms with E-state index in [1.807, 2.05) is 0 Å². The number of benzene rings is 1. The fraction of sp³-hybridized carbons (Fsp3) is 0.806. The average Bonchev–Trinajstić information content (AvgIpc) is 2.94. The molecular formula is C31H55N. The Bertz CT molecular complexity index is 685. The minimum Gasteiger partial charge on any atom is -0.306 e. The Labute approximate surface area is 201 Å². The number of nitrogens with zero attached hydrogens (tertiary/aromatic N) is 1. The van der Waals surface area contributed by atoms with Gasteiger partial charge in [0, 0.05) is 13.1 Å². The van der Waals surface area contributed by atoms with Crippen molar-refractivity contribution in [3.05, 3.63) is 35.9 Å². The Morgan fingerprint density at radius 2 is 1.28 bits per heavy atom. The summed E-state index contributed by atoms with van der Waals surface area (Å²) in [5.41, 5.74) is 2.96. The van der Waals surface area contributed by atoms with Crippen LogP contribution in [0.4, 0.5) is 0 Å². The number of hydrogen-bond acceptors (Lipinski definition) is 1. The predicted molar refractivity (Wildman–Crippen MR) is 143 cm³/mol. The molecule has 2 rings (SSSR count). The minimum absolute atomic E-state index is 0.325. The molecule has 1 saturated heterocycles. The highest BCUT2D eigenvalue weighted by atomic mass is 15.1. The van der Waals surface area contributed by atoms with Crippen LogP contribution in [0.5, 0.6) is 0 Å². The van der Waals surface area contributed by atoms with Gasteiger partial charge in [0.15, 0.2) is 0 Å². The molecule has 1 aliphatic rings. The Hall–Kier alpha value is -0.820. The topological polar surface area (TPSA) is 3.24 Å². The third-order valence-electron chi connectivity index (χ3n) is 8.49. The van der Waals surface area contributed by atoms with Crippen LogP contribution >= 0.6 is 0 Å². The van der Waals surface area contributed by atoms with E-state index in [9.17, 15) is 0 Å². The van der Waals surface area contributed by atoms with Gasteiger partial charge in [0.2, 0.25) is 0 Å². The smallest absolute Gasteiger partial charge is 0.00101 e.